The van der Waals surface area contributed by atoms with E-state index in [4.69, 9.17) is 33.5 Å². The fourth-order valence-corrected chi connectivity index (χ4v) is 2.97. The first-order valence-electron chi connectivity index (χ1n) is 14.8. The van der Waals surface area contributed by atoms with Gasteiger partial charge in [-0.15, -0.1) is 0 Å². The van der Waals surface area contributed by atoms with Gasteiger partial charge in [-0.2, -0.15) is 0 Å². The molecule has 0 saturated heterocycles. The monoisotopic (exact) mass is 664 g/mol. The highest BCUT2D eigenvalue weighted by Gasteiger charge is 2.18. The van der Waals surface area contributed by atoms with Gasteiger partial charge in [0.05, 0.1) is 78.8 Å². The predicted octanol–water partition coefficient (Wildman–Crippen LogP) is -1.95. The van der Waals surface area contributed by atoms with Crippen LogP contribution < -0.4 is 21.3 Å². The lowest BCUT2D eigenvalue weighted by atomic mass is 10.2. The van der Waals surface area contributed by atoms with Gasteiger partial charge in [-0.05, 0) is 20.8 Å². The standard InChI is InChI=1S/C28H48N4O14/c1-28(2,3)46-27(40)20-45-26(39)7-5-22(34)32-19-24(36)30-9-11-42-13-15-44-17-16-43-14-12-41-10-8-29-23(35)18-31-21(33)4-6-25(37)38/h4-20H2,1-3H3,(H,29,35)(H,30,36)(H,31,33)(H,32,34)(H,37,38). The van der Waals surface area contributed by atoms with E-state index in [1.165, 1.54) is 0 Å². The Morgan fingerprint density at radius 3 is 1.35 bits per heavy atom. The number of amides is 4. The van der Waals surface area contributed by atoms with Crippen LogP contribution in [0.1, 0.15) is 46.5 Å². The van der Waals surface area contributed by atoms with Crippen LogP contribution in [0.2, 0.25) is 0 Å². The highest BCUT2D eigenvalue weighted by molar-refractivity contribution is 5.87. The third-order valence-corrected chi connectivity index (χ3v) is 5.04. The molecule has 0 bridgehead atoms. The molecular formula is C28H48N4O14. The molecule has 46 heavy (non-hydrogen) atoms. The second kappa shape index (κ2) is 26.4. The summed E-state index contributed by atoms with van der Waals surface area (Å²) in [6.07, 6.45) is -0.935. The molecule has 18 nitrogen and oxygen atoms in total. The largest absolute Gasteiger partial charge is 0.481 e. The number of nitrogens with one attached hydrogen (secondary N) is 4. The Kier molecular flexibility index (Phi) is 24.1. The molecule has 4 amide bonds. The van der Waals surface area contributed by atoms with Gasteiger partial charge in [0.25, 0.3) is 0 Å². The van der Waals surface area contributed by atoms with Crippen molar-refractivity contribution in [3.05, 3.63) is 0 Å². The van der Waals surface area contributed by atoms with Crippen LogP contribution in [0.4, 0.5) is 0 Å². The van der Waals surface area contributed by atoms with E-state index in [1.54, 1.807) is 20.8 Å². The average Bonchev–Trinajstić information content (AvgIpc) is 2.98. The minimum Gasteiger partial charge on any atom is -0.481 e. The van der Waals surface area contributed by atoms with E-state index >= 15 is 0 Å². The molecule has 0 unspecified atom stereocenters. The summed E-state index contributed by atoms with van der Waals surface area (Å²) in [5.74, 6) is -4.38. The lowest BCUT2D eigenvalue weighted by Crippen LogP contribution is -2.38. The maximum absolute atomic E-state index is 11.8. The van der Waals surface area contributed by atoms with Crippen molar-refractivity contribution in [3.8, 4) is 0 Å². The number of carboxylic acid groups (broad SMARTS) is 1. The van der Waals surface area contributed by atoms with Crippen molar-refractivity contribution >= 4 is 41.5 Å². The van der Waals surface area contributed by atoms with Crippen molar-refractivity contribution in [2.45, 2.75) is 52.1 Å². The third-order valence-electron chi connectivity index (χ3n) is 5.04. The van der Waals surface area contributed by atoms with Gasteiger partial charge in [-0.1, -0.05) is 0 Å². The molecule has 0 aliphatic heterocycles. The molecule has 0 aromatic carbocycles. The average molecular weight is 665 g/mol. The Balaban J connectivity index is 3.49. The lowest BCUT2D eigenvalue weighted by molar-refractivity contribution is -0.166. The number of aliphatic carboxylic acids is 1. The second-order valence-corrected chi connectivity index (χ2v) is 10.3. The zero-order chi connectivity index (χ0) is 34.6. The molecule has 0 atom stereocenters. The van der Waals surface area contributed by atoms with Crippen LogP contribution in [0.5, 0.6) is 0 Å². The first kappa shape index (κ1) is 42.1. The maximum atomic E-state index is 11.8. The Bertz CT molecular complexity index is 955. The van der Waals surface area contributed by atoms with E-state index in [9.17, 15) is 33.6 Å². The lowest BCUT2D eigenvalue weighted by Gasteiger charge is -2.19. The maximum Gasteiger partial charge on any atom is 0.344 e. The minimum absolute atomic E-state index is 0.189. The number of hydrogen-bond donors (Lipinski definition) is 5. The molecule has 0 fully saturated rings. The number of rotatable bonds is 27. The van der Waals surface area contributed by atoms with E-state index in [1.807, 2.05) is 0 Å². The van der Waals surface area contributed by atoms with Crippen LogP contribution in [0.15, 0.2) is 0 Å². The highest BCUT2D eigenvalue weighted by atomic mass is 16.6. The topological polar surface area (TPSA) is 243 Å². The summed E-state index contributed by atoms with van der Waals surface area (Å²) >= 11 is 0. The van der Waals surface area contributed by atoms with E-state index in [2.05, 4.69) is 21.3 Å². The second-order valence-electron chi connectivity index (χ2n) is 10.3. The quantitative estimate of drug-likeness (QED) is 0.0474. The normalized spacial score (nSPS) is 10.8. The van der Waals surface area contributed by atoms with Gasteiger partial charge in [-0.3, -0.25) is 28.8 Å². The van der Waals surface area contributed by atoms with Crippen LogP contribution in [0.25, 0.3) is 0 Å². The van der Waals surface area contributed by atoms with Gasteiger partial charge < -0.3 is 54.8 Å². The predicted molar refractivity (Wildman–Crippen MR) is 158 cm³/mol. The summed E-state index contributed by atoms with van der Waals surface area (Å²) in [7, 11) is 0. The summed E-state index contributed by atoms with van der Waals surface area (Å²) in [4.78, 5) is 80.1. The molecule has 18 heteroatoms. The highest BCUT2D eigenvalue weighted by Crippen LogP contribution is 2.07. The molecule has 0 rings (SSSR count). The fourth-order valence-electron chi connectivity index (χ4n) is 2.97. The van der Waals surface area contributed by atoms with Crippen LogP contribution in [0, 0.1) is 0 Å². The third kappa shape index (κ3) is 30.2. The molecule has 0 heterocycles. The van der Waals surface area contributed by atoms with Crippen molar-refractivity contribution in [2.75, 3.05) is 85.6 Å². The number of carboxylic acids is 1. The molecule has 0 aliphatic rings. The van der Waals surface area contributed by atoms with Crippen molar-refractivity contribution in [3.63, 3.8) is 0 Å². The number of hydrogen-bond acceptors (Lipinski definition) is 13. The minimum atomic E-state index is -1.09. The Hall–Kier alpha value is -3.87. The fraction of sp³-hybridized carbons (Fsp3) is 0.750. The van der Waals surface area contributed by atoms with E-state index in [-0.39, 0.29) is 65.1 Å². The van der Waals surface area contributed by atoms with Gasteiger partial charge in [-0.25, -0.2) is 4.79 Å². The number of esters is 2. The molecular weight excluding hydrogens is 616 g/mol. The molecule has 0 aliphatic carbocycles. The van der Waals surface area contributed by atoms with Crippen LogP contribution in [-0.4, -0.2) is 138 Å². The molecule has 5 N–H and O–H groups in total. The van der Waals surface area contributed by atoms with Crippen molar-refractivity contribution in [2.24, 2.45) is 0 Å². The summed E-state index contributed by atoms with van der Waals surface area (Å²) in [5, 5.41) is 18.3. The molecule has 0 radical (unpaired) electrons. The molecule has 0 saturated carbocycles. The van der Waals surface area contributed by atoms with E-state index in [0.717, 1.165) is 0 Å². The Morgan fingerprint density at radius 2 is 0.935 bits per heavy atom. The van der Waals surface area contributed by atoms with E-state index in [0.29, 0.717) is 39.6 Å². The van der Waals surface area contributed by atoms with Gasteiger partial charge >= 0.3 is 17.9 Å². The molecule has 264 valence electrons. The van der Waals surface area contributed by atoms with Gasteiger partial charge in [0, 0.05) is 25.9 Å². The van der Waals surface area contributed by atoms with Crippen molar-refractivity contribution < 1.29 is 67.1 Å². The van der Waals surface area contributed by atoms with Gasteiger partial charge in [0.15, 0.2) is 6.61 Å². The number of ether oxygens (including phenoxy) is 6. The number of carbonyl (C=O) groups excluding carboxylic acids is 6. The van der Waals surface area contributed by atoms with Crippen LogP contribution >= 0.6 is 0 Å². The van der Waals surface area contributed by atoms with Crippen LogP contribution in [0.3, 0.4) is 0 Å². The van der Waals surface area contributed by atoms with E-state index < -0.39 is 53.7 Å². The summed E-state index contributed by atoms with van der Waals surface area (Å²) < 4.78 is 31.1. The van der Waals surface area contributed by atoms with Crippen molar-refractivity contribution in [1.82, 2.24) is 21.3 Å². The first-order chi connectivity index (χ1) is 21.8. The summed E-state index contributed by atoms with van der Waals surface area (Å²) in [6, 6.07) is 0. The van der Waals surface area contributed by atoms with Gasteiger partial charge in [0.1, 0.15) is 5.60 Å². The smallest absolute Gasteiger partial charge is 0.344 e. The Morgan fingerprint density at radius 1 is 0.522 bits per heavy atom. The zero-order valence-electron chi connectivity index (χ0n) is 26.8. The Labute approximate surface area is 267 Å². The van der Waals surface area contributed by atoms with Gasteiger partial charge in [0.2, 0.25) is 23.6 Å². The van der Waals surface area contributed by atoms with Crippen LogP contribution in [-0.2, 0) is 62.0 Å². The SMILES string of the molecule is CC(C)(C)OC(=O)COC(=O)CCC(=O)NCC(=O)NCCOCCOCCOCCOCCNC(=O)CNC(=O)CCC(=O)O. The number of carbonyl (C=O) groups is 7. The molecule has 0 aromatic heterocycles. The summed E-state index contributed by atoms with van der Waals surface area (Å²) in [5.41, 5.74) is -0.700. The molecule has 0 aromatic rings. The van der Waals surface area contributed by atoms with Crippen molar-refractivity contribution in [1.29, 1.82) is 0 Å². The summed E-state index contributed by atoms with van der Waals surface area (Å²) in [6.45, 7) is 6.91. The zero-order valence-corrected chi connectivity index (χ0v) is 26.8. The molecule has 0 spiro atoms. The first-order valence-corrected chi connectivity index (χ1v) is 14.8.